The summed E-state index contributed by atoms with van der Waals surface area (Å²) in [6.45, 7) is 2.70. The van der Waals surface area contributed by atoms with Gasteiger partial charge in [0, 0.05) is 18.7 Å². The number of benzene rings is 2. The number of nitro benzene ring substituents is 1. The van der Waals surface area contributed by atoms with E-state index in [-0.39, 0.29) is 5.69 Å². The largest absolute Gasteiger partial charge is 0.495 e. The second-order valence-electron chi connectivity index (χ2n) is 4.62. The Balaban J connectivity index is 2.22. The highest BCUT2D eigenvalue weighted by atomic mass is 16.6. The van der Waals surface area contributed by atoms with Gasteiger partial charge >= 0.3 is 0 Å². The predicted octanol–water partition coefficient (Wildman–Crippen LogP) is 3.78. The molecule has 5 heteroatoms. The molecule has 0 fully saturated rings. The van der Waals surface area contributed by atoms with Crippen molar-refractivity contribution < 1.29 is 9.66 Å². The lowest BCUT2D eigenvalue weighted by Gasteiger charge is -2.13. The average Bonchev–Trinajstić information content (AvgIpc) is 2.52. The molecule has 0 aliphatic carbocycles. The monoisotopic (exact) mass is 286 g/mol. The van der Waals surface area contributed by atoms with Crippen LogP contribution in [-0.4, -0.2) is 12.0 Å². The van der Waals surface area contributed by atoms with E-state index >= 15 is 0 Å². The fourth-order valence-corrected chi connectivity index (χ4v) is 2.21. The lowest BCUT2D eigenvalue weighted by molar-refractivity contribution is -0.384. The molecule has 110 valence electrons. The number of nitro groups is 1. The molecular weight excluding hydrogens is 268 g/mol. The molecule has 0 amide bonds. The van der Waals surface area contributed by atoms with Crippen LogP contribution in [-0.2, 0) is 13.0 Å². The SMILES string of the molecule is CCc1ccccc1CNc1cc([N+](=O)[O-])ccc1OC. The number of hydrogen-bond acceptors (Lipinski definition) is 4. The molecule has 2 rings (SSSR count). The van der Waals surface area contributed by atoms with Gasteiger partial charge in [-0.05, 0) is 23.6 Å². The van der Waals surface area contributed by atoms with Crippen LogP contribution in [0, 0.1) is 10.1 Å². The molecule has 21 heavy (non-hydrogen) atoms. The second kappa shape index (κ2) is 6.74. The minimum Gasteiger partial charge on any atom is -0.495 e. The summed E-state index contributed by atoms with van der Waals surface area (Å²) >= 11 is 0. The Morgan fingerprint density at radius 1 is 1.19 bits per heavy atom. The van der Waals surface area contributed by atoms with Gasteiger partial charge in [0.15, 0.2) is 0 Å². The zero-order valence-electron chi connectivity index (χ0n) is 12.1. The molecule has 2 aromatic carbocycles. The maximum Gasteiger partial charge on any atom is 0.271 e. The van der Waals surface area contributed by atoms with Crippen molar-refractivity contribution in [3.8, 4) is 5.75 Å². The maximum absolute atomic E-state index is 10.9. The third-order valence-electron chi connectivity index (χ3n) is 3.36. The Kier molecular flexibility index (Phi) is 4.77. The number of ether oxygens (including phenoxy) is 1. The molecular formula is C16H18N2O3. The van der Waals surface area contributed by atoms with Crippen LogP contribution in [0.25, 0.3) is 0 Å². The first-order chi connectivity index (χ1) is 10.2. The van der Waals surface area contributed by atoms with Gasteiger partial charge < -0.3 is 10.1 Å². The zero-order chi connectivity index (χ0) is 15.2. The summed E-state index contributed by atoms with van der Waals surface area (Å²) in [7, 11) is 1.55. The molecule has 0 bridgehead atoms. The highest BCUT2D eigenvalue weighted by Crippen LogP contribution is 2.29. The van der Waals surface area contributed by atoms with Gasteiger partial charge in [0.1, 0.15) is 5.75 Å². The van der Waals surface area contributed by atoms with E-state index in [2.05, 4.69) is 24.4 Å². The molecule has 1 N–H and O–H groups in total. The standard InChI is InChI=1S/C16H18N2O3/c1-3-12-6-4-5-7-13(12)11-17-15-10-14(18(19)20)8-9-16(15)21-2/h4-10,17H,3,11H2,1-2H3. The number of hydrogen-bond donors (Lipinski definition) is 1. The molecule has 0 unspecified atom stereocenters. The molecule has 0 aliphatic heterocycles. The average molecular weight is 286 g/mol. The topological polar surface area (TPSA) is 64.4 Å². The van der Waals surface area contributed by atoms with Gasteiger partial charge in [-0.15, -0.1) is 0 Å². The summed E-state index contributed by atoms with van der Waals surface area (Å²) in [6.07, 6.45) is 0.948. The third kappa shape index (κ3) is 3.51. The molecule has 0 aliphatic rings. The van der Waals surface area contributed by atoms with Crippen molar-refractivity contribution in [2.75, 3.05) is 12.4 Å². The number of aryl methyl sites for hydroxylation is 1. The van der Waals surface area contributed by atoms with Crippen LogP contribution >= 0.6 is 0 Å². The molecule has 2 aromatic rings. The van der Waals surface area contributed by atoms with E-state index in [1.54, 1.807) is 13.2 Å². The van der Waals surface area contributed by atoms with Crippen LogP contribution in [0.2, 0.25) is 0 Å². The van der Waals surface area contributed by atoms with Gasteiger partial charge in [0.2, 0.25) is 0 Å². The van der Waals surface area contributed by atoms with Crippen LogP contribution in [0.3, 0.4) is 0 Å². The molecule has 0 heterocycles. The highest BCUT2D eigenvalue weighted by Gasteiger charge is 2.11. The Hall–Kier alpha value is -2.56. The second-order valence-corrected chi connectivity index (χ2v) is 4.62. The van der Waals surface area contributed by atoms with Crippen molar-refractivity contribution in [1.29, 1.82) is 0 Å². The van der Waals surface area contributed by atoms with Gasteiger partial charge in [-0.1, -0.05) is 31.2 Å². The predicted molar refractivity (Wildman–Crippen MR) is 82.8 cm³/mol. The molecule has 0 spiro atoms. The summed E-state index contributed by atoms with van der Waals surface area (Å²) in [6, 6.07) is 12.7. The van der Waals surface area contributed by atoms with Crippen LogP contribution in [0.1, 0.15) is 18.1 Å². The van der Waals surface area contributed by atoms with Crippen LogP contribution < -0.4 is 10.1 Å². The molecule has 0 saturated carbocycles. The van der Waals surface area contributed by atoms with Crippen molar-refractivity contribution in [2.24, 2.45) is 0 Å². The van der Waals surface area contributed by atoms with Gasteiger partial charge in [-0.3, -0.25) is 10.1 Å². The van der Waals surface area contributed by atoms with E-state index in [4.69, 9.17) is 4.74 Å². The normalized spacial score (nSPS) is 10.2. The van der Waals surface area contributed by atoms with Crippen molar-refractivity contribution in [1.82, 2.24) is 0 Å². The van der Waals surface area contributed by atoms with E-state index in [0.717, 1.165) is 6.42 Å². The zero-order valence-corrected chi connectivity index (χ0v) is 12.1. The highest BCUT2D eigenvalue weighted by molar-refractivity contribution is 5.61. The van der Waals surface area contributed by atoms with Crippen LogP contribution in [0.15, 0.2) is 42.5 Å². The fourth-order valence-electron chi connectivity index (χ4n) is 2.21. The molecule has 0 radical (unpaired) electrons. The number of methoxy groups -OCH3 is 1. The first kappa shape index (κ1) is 14.8. The van der Waals surface area contributed by atoms with Gasteiger partial charge in [0.25, 0.3) is 5.69 Å². The lowest BCUT2D eigenvalue weighted by atomic mass is 10.1. The quantitative estimate of drug-likeness (QED) is 0.648. The van der Waals surface area contributed by atoms with Gasteiger partial charge in [-0.25, -0.2) is 0 Å². The summed E-state index contributed by atoms with van der Waals surface area (Å²) < 4.78 is 5.24. The molecule has 0 saturated heterocycles. The number of nitrogens with zero attached hydrogens (tertiary/aromatic N) is 1. The molecule has 5 nitrogen and oxygen atoms in total. The van der Waals surface area contributed by atoms with E-state index in [1.807, 2.05) is 12.1 Å². The van der Waals surface area contributed by atoms with Crippen LogP contribution in [0.4, 0.5) is 11.4 Å². The molecule has 0 atom stereocenters. The first-order valence-corrected chi connectivity index (χ1v) is 6.78. The Morgan fingerprint density at radius 3 is 2.52 bits per heavy atom. The van der Waals surface area contributed by atoms with E-state index in [1.165, 1.54) is 23.3 Å². The van der Waals surface area contributed by atoms with E-state index in [0.29, 0.717) is 18.0 Å². The first-order valence-electron chi connectivity index (χ1n) is 6.78. The summed E-state index contributed by atoms with van der Waals surface area (Å²) in [5.41, 5.74) is 3.10. The minimum atomic E-state index is -0.412. The van der Waals surface area contributed by atoms with Crippen molar-refractivity contribution >= 4 is 11.4 Å². The Bertz CT molecular complexity index is 641. The fraction of sp³-hybridized carbons (Fsp3) is 0.250. The van der Waals surface area contributed by atoms with E-state index < -0.39 is 4.92 Å². The van der Waals surface area contributed by atoms with Crippen molar-refractivity contribution in [3.63, 3.8) is 0 Å². The Morgan fingerprint density at radius 2 is 1.90 bits per heavy atom. The van der Waals surface area contributed by atoms with Crippen molar-refractivity contribution in [2.45, 2.75) is 19.9 Å². The summed E-state index contributed by atoms with van der Waals surface area (Å²) in [5.74, 6) is 0.592. The minimum absolute atomic E-state index is 0.0436. The van der Waals surface area contributed by atoms with Gasteiger partial charge in [0.05, 0.1) is 17.7 Å². The number of anilines is 1. The Labute approximate surface area is 123 Å². The third-order valence-corrected chi connectivity index (χ3v) is 3.36. The number of non-ortho nitro benzene ring substituents is 1. The summed E-state index contributed by atoms with van der Waals surface area (Å²) in [4.78, 5) is 10.5. The number of nitrogens with one attached hydrogen (secondary N) is 1. The van der Waals surface area contributed by atoms with Gasteiger partial charge in [-0.2, -0.15) is 0 Å². The van der Waals surface area contributed by atoms with Crippen molar-refractivity contribution in [3.05, 3.63) is 63.7 Å². The summed E-state index contributed by atoms with van der Waals surface area (Å²) in [5, 5.41) is 14.1. The lowest BCUT2D eigenvalue weighted by Crippen LogP contribution is -2.04. The maximum atomic E-state index is 10.9. The molecule has 0 aromatic heterocycles. The number of rotatable bonds is 6. The van der Waals surface area contributed by atoms with E-state index in [9.17, 15) is 10.1 Å². The smallest absolute Gasteiger partial charge is 0.271 e. The van der Waals surface area contributed by atoms with Crippen LogP contribution in [0.5, 0.6) is 5.75 Å².